The number of H-pyrrole nitrogens is 1. The lowest BCUT2D eigenvalue weighted by molar-refractivity contribution is 0.0503. The first kappa shape index (κ1) is 20.3. The van der Waals surface area contributed by atoms with Crippen molar-refractivity contribution in [2.75, 3.05) is 13.2 Å². The van der Waals surface area contributed by atoms with Crippen molar-refractivity contribution in [1.29, 1.82) is 0 Å². The van der Waals surface area contributed by atoms with Gasteiger partial charge in [-0.15, -0.1) is 0 Å². The number of carbonyl (C=O) groups is 1. The van der Waals surface area contributed by atoms with E-state index in [2.05, 4.69) is 4.98 Å². The van der Waals surface area contributed by atoms with Crippen molar-refractivity contribution in [2.24, 2.45) is 0 Å². The Kier molecular flexibility index (Phi) is 5.68. The predicted octanol–water partition coefficient (Wildman–Crippen LogP) is 4.11. The highest BCUT2D eigenvalue weighted by atomic mass is 19.1. The second-order valence-corrected chi connectivity index (χ2v) is 7.97. The lowest BCUT2D eigenvalue weighted by atomic mass is 10.0. The standard InChI is InChI=1S/C24H25FN2O3/c1-15-10-16(2)22-17(11-15)12-18(23(28)26-22)13-27(14-19-6-5-9-30-19)24(29)20-7-3-4-8-21(20)25/h3-4,7-8,10-12,19H,5-6,9,13-14H2,1-2H3,(H,26,28). The van der Waals surface area contributed by atoms with Gasteiger partial charge in [-0.3, -0.25) is 9.59 Å². The van der Waals surface area contributed by atoms with E-state index in [0.29, 0.717) is 18.7 Å². The molecule has 1 saturated heterocycles. The van der Waals surface area contributed by atoms with Crippen LogP contribution in [0.3, 0.4) is 0 Å². The molecule has 1 aromatic heterocycles. The van der Waals surface area contributed by atoms with E-state index >= 15 is 0 Å². The quantitative estimate of drug-likeness (QED) is 0.691. The molecule has 2 heterocycles. The van der Waals surface area contributed by atoms with Gasteiger partial charge in [0, 0.05) is 18.7 Å². The maximum Gasteiger partial charge on any atom is 0.257 e. The molecule has 2 aromatic carbocycles. The maximum atomic E-state index is 14.3. The number of halogens is 1. The van der Waals surface area contributed by atoms with Crippen molar-refractivity contribution in [2.45, 2.75) is 39.3 Å². The first-order chi connectivity index (χ1) is 14.4. The fourth-order valence-corrected chi connectivity index (χ4v) is 4.11. The molecule has 156 valence electrons. The van der Waals surface area contributed by atoms with Gasteiger partial charge in [-0.25, -0.2) is 4.39 Å². The average Bonchev–Trinajstić information content (AvgIpc) is 3.22. The number of benzene rings is 2. The van der Waals surface area contributed by atoms with E-state index in [-0.39, 0.29) is 23.8 Å². The first-order valence-electron chi connectivity index (χ1n) is 10.2. The molecule has 1 aliphatic rings. The summed E-state index contributed by atoms with van der Waals surface area (Å²) in [4.78, 5) is 30.4. The van der Waals surface area contributed by atoms with Crippen LogP contribution >= 0.6 is 0 Å². The van der Waals surface area contributed by atoms with Gasteiger partial charge in [0.25, 0.3) is 11.5 Å². The minimum absolute atomic E-state index is 0.000552. The molecule has 0 bridgehead atoms. The van der Waals surface area contributed by atoms with Crippen LogP contribution < -0.4 is 5.56 Å². The average molecular weight is 408 g/mol. The number of hydrogen-bond acceptors (Lipinski definition) is 3. The van der Waals surface area contributed by atoms with Crippen LogP contribution in [0.2, 0.25) is 0 Å². The van der Waals surface area contributed by atoms with Crippen LogP contribution in [0.5, 0.6) is 0 Å². The molecule has 3 aromatic rings. The number of nitrogens with zero attached hydrogens (tertiary/aromatic N) is 1. The number of hydrogen-bond donors (Lipinski definition) is 1. The number of nitrogens with one attached hydrogen (secondary N) is 1. The van der Waals surface area contributed by atoms with E-state index in [9.17, 15) is 14.0 Å². The summed E-state index contributed by atoms with van der Waals surface area (Å²) < 4.78 is 20.0. The third kappa shape index (κ3) is 4.14. The highest BCUT2D eigenvalue weighted by molar-refractivity contribution is 5.94. The number of ether oxygens (including phenoxy) is 1. The number of amides is 1. The van der Waals surface area contributed by atoms with E-state index < -0.39 is 11.7 Å². The van der Waals surface area contributed by atoms with E-state index in [1.807, 2.05) is 32.0 Å². The van der Waals surface area contributed by atoms with E-state index in [0.717, 1.165) is 34.9 Å². The Balaban J connectivity index is 1.70. The third-order valence-corrected chi connectivity index (χ3v) is 5.57. The number of fused-ring (bicyclic) bond motifs is 1. The van der Waals surface area contributed by atoms with Gasteiger partial charge in [0.1, 0.15) is 5.82 Å². The largest absolute Gasteiger partial charge is 0.376 e. The van der Waals surface area contributed by atoms with Gasteiger partial charge in [-0.2, -0.15) is 0 Å². The summed E-state index contributed by atoms with van der Waals surface area (Å²) in [6.07, 6.45) is 1.67. The number of pyridine rings is 1. The molecule has 1 atom stereocenters. The van der Waals surface area contributed by atoms with Gasteiger partial charge < -0.3 is 14.6 Å². The normalized spacial score (nSPS) is 16.2. The SMILES string of the molecule is Cc1cc(C)c2[nH]c(=O)c(CN(CC3CCCO3)C(=O)c3ccccc3F)cc2c1. The van der Waals surface area contributed by atoms with Crippen LogP contribution in [0.4, 0.5) is 4.39 Å². The van der Waals surface area contributed by atoms with Crippen LogP contribution in [-0.4, -0.2) is 35.0 Å². The number of aromatic amines is 1. The first-order valence-corrected chi connectivity index (χ1v) is 10.2. The Morgan fingerprint density at radius 1 is 1.23 bits per heavy atom. The molecule has 30 heavy (non-hydrogen) atoms. The Morgan fingerprint density at radius 2 is 2.03 bits per heavy atom. The van der Waals surface area contributed by atoms with Crippen LogP contribution in [-0.2, 0) is 11.3 Å². The predicted molar refractivity (Wildman–Crippen MR) is 114 cm³/mol. The monoisotopic (exact) mass is 408 g/mol. The topological polar surface area (TPSA) is 62.4 Å². The molecule has 0 aliphatic carbocycles. The summed E-state index contributed by atoms with van der Waals surface area (Å²) in [6.45, 7) is 5.02. The van der Waals surface area contributed by atoms with E-state index in [4.69, 9.17) is 4.74 Å². The molecule has 1 N–H and O–H groups in total. The van der Waals surface area contributed by atoms with Crippen molar-refractivity contribution in [3.05, 3.63) is 80.9 Å². The summed E-state index contributed by atoms with van der Waals surface area (Å²) in [7, 11) is 0. The van der Waals surface area contributed by atoms with Crippen LogP contribution in [0.1, 0.15) is 39.9 Å². The molecule has 1 aliphatic heterocycles. The highest BCUT2D eigenvalue weighted by Gasteiger charge is 2.26. The van der Waals surface area contributed by atoms with Gasteiger partial charge in [0.2, 0.25) is 0 Å². The number of rotatable bonds is 5. The summed E-state index contributed by atoms with van der Waals surface area (Å²) in [5.41, 5.74) is 3.10. The van der Waals surface area contributed by atoms with Crippen LogP contribution in [0.25, 0.3) is 10.9 Å². The number of aryl methyl sites for hydroxylation is 2. The fourth-order valence-electron chi connectivity index (χ4n) is 4.11. The molecule has 0 radical (unpaired) electrons. The van der Waals surface area contributed by atoms with Gasteiger partial charge in [-0.1, -0.05) is 23.8 Å². The number of carbonyl (C=O) groups excluding carboxylic acids is 1. The Bertz CT molecular complexity index is 1150. The second kappa shape index (κ2) is 8.40. The molecule has 6 heteroatoms. The minimum atomic E-state index is -0.571. The van der Waals surface area contributed by atoms with E-state index in [1.54, 1.807) is 12.1 Å². The Morgan fingerprint density at radius 3 is 2.77 bits per heavy atom. The lowest BCUT2D eigenvalue weighted by Crippen LogP contribution is -2.38. The van der Waals surface area contributed by atoms with Crippen LogP contribution in [0, 0.1) is 19.7 Å². The Labute approximate surface area is 174 Å². The zero-order chi connectivity index (χ0) is 21.3. The van der Waals surface area contributed by atoms with Crippen molar-refractivity contribution >= 4 is 16.8 Å². The minimum Gasteiger partial charge on any atom is -0.376 e. The van der Waals surface area contributed by atoms with Gasteiger partial charge >= 0.3 is 0 Å². The molecule has 5 nitrogen and oxygen atoms in total. The third-order valence-electron chi connectivity index (χ3n) is 5.57. The van der Waals surface area contributed by atoms with Crippen molar-refractivity contribution < 1.29 is 13.9 Å². The summed E-state index contributed by atoms with van der Waals surface area (Å²) >= 11 is 0. The number of aromatic nitrogens is 1. The van der Waals surface area contributed by atoms with Crippen molar-refractivity contribution in [3.8, 4) is 0 Å². The highest BCUT2D eigenvalue weighted by Crippen LogP contribution is 2.21. The van der Waals surface area contributed by atoms with Crippen molar-refractivity contribution in [1.82, 2.24) is 9.88 Å². The molecule has 1 fully saturated rings. The Hall–Kier alpha value is -2.99. The molecule has 1 unspecified atom stereocenters. The molecule has 1 amide bonds. The maximum absolute atomic E-state index is 14.3. The summed E-state index contributed by atoms with van der Waals surface area (Å²) in [5.74, 6) is -1.01. The van der Waals surface area contributed by atoms with Crippen LogP contribution in [0.15, 0.2) is 47.3 Å². The van der Waals surface area contributed by atoms with Crippen molar-refractivity contribution in [3.63, 3.8) is 0 Å². The van der Waals surface area contributed by atoms with E-state index in [1.165, 1.54) is 17.0 Å². The smallest absolute Gasteiger partial charge is 0.257 e. The molecular formula is C24H25FN2O3. The zero-order valence-electron chi connectivity index (χ0n) is 17.2. The summed E-state index contributed by atoms with van der Waals surface area (Å²) in [6, 6.07) is 11.8. The van der Waals surface area contributed by atoms with Gasteiger partial charge in [0.15, 0.2) is 0 Å². The van der Waals surface area contributed by atoms with Gasteiger partial charge in [-0.05, 0) is 61.9 Å². The summed E-state index contributed by atoms with van der Waals surface area (Å²) in [5, 5.41) is 0.914. The van der Waals surface area contributed by atoms with Gasteiger partial charge in [0.05, 0.1) is 23.7 Å². The zero-order valence-corrected chi connectivity index (χ0v) is 17.2. The molecule has 0 saturated carbocycles. The molecule has 0 spiro atoms. The molecule has 4 rings (SSSR count). The fraction of sp³-hybridized carbons (Fsp3) is 0.333. The molecular weight excluding hydrogens is 383 g/mol. The second-order valence-electron chi connectivity index (χ2n) is 7.97. The lowest BCUT2D eigenvalue weighted by Gasteiger charge is -2.26.